The molecule has 0 aromatic carbocycles. The number of methoxy groups -OCH3 is 1. The van der Waals surface area contributed by atoms with Gasteiger partial charge in [0.05, 0.1) is 6.33 Å². The molecular formula is C11H17N3O4. The van der Waals surface area contributed by atoms with Crippen LogP contribution in [0.2, 0.25) is 0 Å². The van der Waals surface area contributed by atoms with Crippen molar-refractivity contribution < 1.29 is 19.4 Å². The average Bonchev–Trinajstić information content (AvgIpc) is 2.81. The van der Waals surface area contributed by atoms with Crippen molar-refractivity contribution in [3.63, 3.8) is 0 Å². The third-order valence-corrected chi connectivity index (χ3v) is 2.36. The maximum Gasteiger partial charge on any atom is 0.326 e. The summed E-state index contributed by atoms with van der Waals surface area (Å²) in [6, 6.07) is -0.944. The molecule has 1 rings (SSSR count). The highest BCUT2D eigenvalue weighted by molar-refractivity contribution is 5.83. The number of aliphatic carboxylic acids is 1. The second kappa shape index (κ2) is 7.44. The normalized spacial score (nSPS) is 12.1. The van der Waals surface area contributed by atoms with Gasteiger partial charge in [0.1, 0.15) is 6.04 Å². The number of hydrogen-bond donors (Lipinski definition) is 3. The molecule has 0 aliphatic rings. The van der Waals surface area contributed by atoms with Gasteiger partial charge in [-0.15, -0.1) is 0 Å². The molecule has 7 heteroatoms. The summed E-state index contributed by atoms with van der Waals surface area (Å²) in [4.78, 5) is 29.1. The number of H-pyrrole nitrogens is 1. The first-order valence-electron chi connectivity index (χ1n) is 5.62. The summed E-state index contributed by atoms with van der Waals surface area (Å²) in [5, 5.41) is 11.5. The van der Waals surface area contributed by atoms with Crippen molar-refractivity contribution in [3.8, 4) is 0 Å². The van der Waals surface area contributed by atoms with Crippen LogP contribution in [0.5, 0.6) is 0 Å². The van der Waals surface area contributed by atoms with E-state index in [-0.39, 0.29) is 18.7 Å². The Morgan fingerprint density at radius 3 is 2.94 bits per heavy atom. The molecule has 3 N–H and O–H groups in total. The minimum atomic E-state index is -1.07. The van der Waals surface area contributed by atoms with Crippen LogP contribution in [0.25, 0.3) is 0 Å². The molecule has 1 aromatic rings. The van der Waals surface area contributed by atoms with Crippen LogP contribution in [0.3, 0.4) is 0 Å². The average molecular weight is 255 g/mol. The Morgan fingerprint density at radius 1 is 1.61 bits per heavy atom. The number of nitrogens with one attached hydrogen (secondary N) is 2. The number of ether oxygens (including phenoxy) is 1. The number of aromatic nitrogens is 2. The van der Waals surface area contributed by atoms with Gasteiger partial charge in [-0.2, -0.15) is 0 Å². The Labute approximate surface area is 105 Å². The lowest BCUT2D eigenvalue weighted by Gasteiger charge is -2.13. The van der Waals surface area contributed by atoms with Crippen LogP contribution in [0.4, 0.5) is 0 Å². The molecule has 100 valence electrons. The molecule has 1 aromatic heterocycles. The molecule has 0 radical (unpaired) electrons. The summed E-state index contributed by atoms with van der Waals surface area (Å²) in [6.07, 6.45) is 4.01. The first kappa shape index (κ1) is 14.2. The largest absolute Gasteiger partial charge is 0.480 e. The summed E-state index contributed by atoms with van der Waals surface area (Å²) in [5.74, 6) is -1.36. The number of carbonyl (C=O) groups excluding carboxylic acids is 1. The quantitative estimate of drug-likeness (QED) is 0.565. The van der Waals surface area contributed by atoms with Crippen molar-refractivity contribution in [1.82, 2.24) is 15.3 Å². The van der Waals surface area contributed by atoms with Gasteiger partial charge in [0, 0.05) is 38.4 Å². The number of hydrogen-bond acceptors (Lipinski definition) is 4. The Hall–Kier alpha value is -1.89. The summed E-state index contributed by atoms with van der Waals surface area (Å²) in [6.45, 7) is 0.478. The van der Waals surface area contributed by atoms with E-state index >= 15 is 0 Å². The maximum atomic E-state index is 11.5. The lowest BCUT2D eigenvalue weighted by atomic mass is 10.1. The van der Waals surface area contributed by atoms with Crippen molar-refractivity contribution in [3.05, 3.63) is 18.2 Å². The van der Waals surface area contributed by atoms with E-state index in [1.807, 2.05) is 0 Å². The van der Waals surface area contributed by atoms with Crippen molar-refractivity contribution in [2.45, 2.75) is 25.3 Å². The fraction of sp³-hybridized carbons (Fsp3) is 0.545. The number of nitrogens with zero attached hydrogens (tertiary/aromatic N) is 1. The number of carboxylic acid groups (broad SMARTS) is 1. The van der Waals surface area contributed by atoms with Gasteiger partial charge >= 0.3 is 5.97 Å². The van der Waals surface area contributed by atoms with Crippen molar-refractivity contribution in [2.24, 2.45) is 0 Å². The molecule has 0 spiro atoms. The van der Waals surface area contributed by atoms with Gasteiger partial charge in [-0.05, 0) is 6.42 Å². The number of carbonyl (C=O) groups is 2. The molecule has 7 nitrogen and oxygen atoms in total. The molecule has 0 aliphatic carbocycles. The predicted octanol–water partition coefficient (Wildman–Crippen LogP) is -0.0518. The molecule has 0 saturated carbocycles. The van der Waals surface area contributed by atoms with Gasteiger partial charge in [0.15, 0.2) is 0 Å². The van der Waals surface area contributed by atoms with E-state index in [0.29, 0.717) is 18.7 Å². The highest BCUT2D eigenvalue weighted by atomic mass is 16.5. The summed E-state index contributed by atoms with van der Waals surface area (Å²) in [5.41, 5.74) is 0.666. The molecule has 0 aliphatic heterocycles. The Balaban J connectivity index is 2.42. The number of carboxylic acids is 1. The topological polar surface area (TPSA) is 104 Å². The Morgan fingerprint density at radius 2 is 2.39 bits per heavy atom. The minimum absolute atomic E-state index is 0.186. The van der Waals surface area contributed by atoms with E-state index in [4.69, 9.17) is 9.84 Å². The number of rotatable bonds is 8. The zero-order valence-corrected chi connectivity index (χ0v) is 10.2. The third-order valence-electron chi connectivity index (χ3n) is 2.36. The van der Waals surface area contributed by atoms with E-state index in [1.165, 1.54) is 12.5 Å². The van der Waals surface area contributed by atoms with Crippen LogP contribution >= 0.6 is 0 Å². The number of aromatic amines is 1. The van der Waals surface area contributed by atoms with E-state index in [2.05, 4.69) is 15.3 Å². The number of amides is 1. The van der Waals surface area contributed by atoms with Crippen LogP contribution < -0.4 is 5.32 Å². The third kappa shape index (κ3) is 4.96. The molecule has 1 atom stereocenters. The standard InChI is InChI=1S/C11H17N3O4/c1-18-4-2-3-10(15)14-9(11(16)17)5-8-6-12-7-13-8/h6-7,9H,2-5H2,1H3,(H,12,13)(H,14,15)(H,16,17)/t9-/m0/s1. The summed E-state index contributed by atoms with van der Waals surface area (Å²) in [7, 11) is 1.55. The van der Waals surface area contributed by atoms with Crippen molar-refractivity contribution in [1.29, 1.82) is 0 Å². The maximum absolute atomic E-state index is 11.5. The summed E-state index contributed by atoms with van der Waals surface area (Å²) < 4.78 is 4.82. The SMILES string of the molecule is COCCCC(=O)N[C@@H](Cc1cnc[nH]1)C(=O)O. The Bertz CT molecular complexity index is 378. The first-order chi connectivity index (χ1) is 8.63. The van der Waals surface area contributed by atoms with Crippen LogP contribution in [-0.2, 0) is 20.7 Å². The highest BCUT2D eigenvalue weighted by Gasteiger charge is 2.20. The molecule has 0 bridgehead atoms. The molecule has 0 fully saturated rings. The second-order valence-corrected chi connectivity index (χ2v) is 3.84. The fourth-order valence-corrected chi connectivity index (χ4v) is 1.46. The monoisotopic (exact) mass is 255 g/mol. The van der Waals surface area contributed by atoms with Crippen molar-refractivity contribution >= 4 is 11.9 Å². The molecule has 0 saturated heterocycles. The van der Waals surface area contributed by atoms with Gasteiger partial charge in [-0.25, -0.2) is 9.78 Å². The van der Waals surface area contributed by atoms with Gasteiger partial charge in [-0.1, -0.05) is 0 Å². The summed E-state index contributed by atoms with van der Waals surface area (Å²) >= 11 is 0. The molecule has 1 amide bonds. The first-order valence-corrected chi connectivity index (χ1v) is 5.62. The van der Waals surface area contributed by atoms with Crippen molar-refractivity contribution in [2.75, 3.05) is 13.7 Å². The molecular weight excluding hydrogens is 238 g/mol. The highest BCUT2D eigenvalue weighted by Crippen LogP contribution is 2.00. The van der Waals surface area contributed by atoms with Crippen LogP contribution in [-0.4, -0.2) is 46.7 Å². The van der Waals surface area contributed by atoms with Gasteiger partial charge in [-0.3, -0.25) is 4.79 Å². The zero-order valence-electron chi connectivity index (χ0n) is 10.2. The molecule has 18 heavy (non-hydrogen) atoms. The van der Waals surface area contributed by atoms with Gasteiger partial charge in [0.2, 0.25) is 5.91 Å². The lowest BCUT2D eigenvalue weighted by Crippen LogP contribution is -2.42. The van der Waals surface area contributed by atoms with E-state index < -0.39 is 12.0 Å². The van der Waals surface area contributed by atoms with E-state index in [9.17, 15) is 9.59 Å². The second-order valence-electron chi connectivity index (χ2n) is 3.84. The smallest absolute Gasteiger partial charge is 0.326 e. The van der Waals surface area contributed by atoms with Crippen LogP contribution in [0.15, 0.2) is 12.5 Å². The van der Waals surface area contributed by atoms with Crippen LogP contribution in [0.1, 0.15) is 18.5 Å². The van der Waals surface area contributed by atoms with Crippen LogP contribution in [0, 0.1) is 0 Å². The zero-order chi connectivity index (χ0) is 13.4. The predicted molar refractivity (Wildman–Crippen MR) is 63.0 cm³/mol. The van der Waals surface area contributed by atoms with E-state index in [0.717, 1.165) is 0 Å². The minimum Gasteiger partial charge on any atom is -0.480 e. The fourth-order valence-electron chi connectivity index (χ4n) is 1.46. The van der Waals surface area contributed by atoms with Gasteiger partial charge in [0.25, 0.3) is 0 Å². The van der Waals surface area contributed by atoms with Gasteiger partial charge < -0.3 is 20.1 Å². The van der Waals surface area contributed by atoms with E-state index in [1.54, 1.807) is 7.11 Å². The number of imidazole rings is 1. The molecule has 0 unspecified atom stereocenters. The lowest BCUT2D eigenvalue weighted by molar-refractivity contribution is -0.141. The molecule has 1 heterocycles. The Kier molecular flexibility index (Phi) is 5.86.